The maximum Gasteiger partial charge on any atom is 0.271 e. The number of carbonyl (C=O) groups excluding carboxylic acids is 2. The van der Waals surface area contributed by atoms with Crippen LogP contribution in [0.3, 0.4) is 0 Å². The summed E-state index contributed by atoms with van der Waals surface area (Å²) >= 11 is 6.06. The molecule has 1 N–H and O–H groups in total. The Bertz CT molecular complexity index is 900. The molecule has 1 saturated heterocycles. The average Bonchev–Trinajstić information content (AvgIpc) is 3.01. The van der Waals surface area contributed by atoms with Crippen molar-refractivity contribution in [1.82, 2.24) is 0 Å². The summed E-state index contributed by atoms with van der Waals surface area (Å²) in [5.74, 6) is -1.06. The first-order chi connectivity index (χ1) is 12.4. The van der Waals surface area contributed by atoms with E-state index in [0.717, 1.165) is 5.56 Å². The molecule has 1 aliphatic heterocycles. The number of benzene rings is 2. The van der Waals surface area contributed by atoms with Crippen LogP contribution >= 0.6 is 11.6 Å². The Kier molecular flexibility index (Phi) is 4.90. The number of anilines is 2. The number of non-ortho nitro benzene ring substituents is 1. The molecule has 0 bridgehead atoms. The van der Waals surface area contributed by atoms with Crippen molar-refractivity contribution < 1.29 is 14.5 Å². The van der Waals surface area contributed by atoms with E-state index in [2.05, 4.69) is 5.32 Å². The van der Waals surface area contributed by atoms with Gasteiger partial charge in [-0.05, 0) is 30.7 Å². The Balaban J connectivity index is 1.75. The predicted octanol–water partition coefficient (Wildman–Crippen LogP) is 3.55. The van der Waals surface area contributed by atoms with Crippen molar-refractivity contribution >= 4 is 40.5 Å². The van der Waals surface area contributed by atoms with E-state index in [1.165, 1.54) is 23.1 Å². The summed E-state index contributed by atoms with van der Waals surface area (Å²) < 4.78 is 0. The third-order valence-corrected chi connectivity index (χ3v) is 4.78. The van der Waals surface area contributed by atoms with E-state index in [9.17, 15) is 19.7 Å². The molecule has 0 radical (unpaired) electrons. The van der Waals surface area contributed by atoms with E-state index in [1.54, 1.807) is 31.2 Å². The number of halogens is 1. The molecular weight excluding hydrogens is 358 g/mol. The van der Waals surface area contributed by atoms with Crippen LogP contribution in [-0.2, 0) is 9.59 Å². The number of nitrogens with zero attached hydrogens (tertiary/aromatic N) is 2. The smallest absolute Gasteiger partial charge is 0.271 e. The predicted molar refractivity (Wildman–Crippen MR) is 98.4 cm³/mol. The van der Waals surface area contributed by atoms with E-state index < -0.39 is 10.8 Å². The Morgan fingerprint density at radius 1 is 1.31 bits per heavy atom. The van der Waals surface area contributed by atoms with Crippen molar-refractivity contribution in [3.8, 4) is 0 Å². The molecule has 2 aromatic carbocycles. The van der Waals surface area contributed by atoms with Crippen molar-refractivity contribution in [2.24, 2.45) is 5.92 Å². The summed E-state index contributed by atoms with van der Waals surface area (Å²) in [5.41, 5.74) is 1.67. The lowest BCUT2D eigenvalue weighted by molar-refractivity contribution is -0.384. The van der Waals surface area contributed by atoms with E-state index in [4.69, 9.17) is 11.6 Å². The maximum atomic E-state index is 12.5. The summed E-state index contributed by atoms with van der Waals surface area (Å²) in [6.07, 6.45) is 0.0497. The van der Waals surface area contributed by atoms with Gasteiger partial charge in [0.1, 0.15) is 0 Å². The van der Waals surface area contributed by atoms with Gasteiger partial charge in [0.2, 0.25) is 11.8 Å². The average molecular weight is 374 g/mol. The first kappa shape index (κ1) is 17.9. The van der Waals surface area contributed by atoms with Gasteiger partial charge in [-0.1, -0.05) is 23.7 Å². The Morgan fingerprint density at radius 3 is 2.77 bits per heavy atom. The zero-order valence-electron chi connectivity index (χ0n) is 13.9. The largest absolute Gasteiger partial charge is 0.325 e. The molecule has 0 aliphatic carbocycles. The highest BCUT2D eigenvalue weighted by atomic mass is 35.5. The van der Waals surface area contributed by atoms with E-state index in [0.29, 0.717) is 16.4 Å². The number of nitro groups is 1. The molecule has 0 saturated carbocycles. The van der Waals surface area contributed by atoms with Crippen molar-refractivity contribution in [3.63, 3.8) is 0 Å². The van der Waals surface area contributed by atoms with Crippen LogP contribution in [0.4, 0.5) is 17.1 Å². The topological polar surface area (TPSA) is 92.6 Å². The minimum absolute atomic E-state index is 0.0497. The summed E-state index contributed by atoms with van der Waals surface area (Å²) in [7, 11) is 0. The zero-order chi connectivity index (χ0) is 18.8. The standard InChI is InChI=1S/C18H16ClN3O4/c1-11-15(19)6-3-7-16(11)20-18(24)12-8-17(23)21(10-12)13-4-2-5-14(9-13)22(25)26/h2-7,9,12H,8,10H2,1H3,(H,20,24). The van der Waals surface area contributed by atoms with E-state index in [-0.39, 0.29) is 30.5 Å². The highest BCUT2D eigenvalue weighted by molar-refractivity contribution is 6.31. The fraction of sp³-hybridized carbons (Fsp3) is 0.222. The van der Waals surface area contributed by atoms with Crippen molar-refractivity contribution in [1.29, 1.82) is 0 Å². The van der Waals surface area contributed by atoms with Gasteiger partial charge in [-0.25, -0.2) is 0 Å². The molecule has 1 atom stereocenters. The second-order valence-electron chi connectivity index (χ2n) is 6.08. The van der Waals surface area contributed by atoms with Crippen LogP contribution in [0.25, 0.3) is 0 Å². The monoisotopic (exact) mass is 373 g/mol. The normalized spacial score (nSPS) is 16.6. The van der Waals surface area contributed by atoms with Gasteiger partial charge >= 0.3 is 0 Å². The van der Waals surface area contributed by atoms with Crippen molar-refractivity contribution in [2.75, 3.05) is 16.8 Å². The SMILES string of the molecule is Cc1c(Cl)cccc1NC(=O)C1CC(=O)N(c2cccc([N+](=O)[O-])c2)C1. The van der Waals surface area contributed by atoms with Gasteiger partial charge in [0.25, 0.3) is 5.69 Å². The molecule has 26 heavy (non-hydrogen) atoms. The fourth-order valence-corrected chi connectivity index (χ4v) is 3.06. The molecular formula is C18H16ClN3O4. The molecule has 2 aromatic rings. The summed E-state index contributed by atoms with van der Waals surface area (Å²) in [5, 5.41) is 14.3. The Hall–Kier alpha value is -2.93. The minimum Gasteiger partial charge on any atom is -0.325 e. The fourth-order valence-electron chi connectivity index (χ4n) is 2.88. The first-order valence-corrected chi connectivity index (χ1v) is 8.35. The van der Waals surface area contributed by atoms with Crippen LogP contribution in [0.2, 0.25) is 5.02 Å². The van der Waals surface area contributed by atoms with Gasteiger partial charge in [0.15, 0.2) is 0 Å². The second-order valence-corrected chi connectivity index (χ2v) is 6.49. The highest BCUT2D eigenvalue weighted by Gasteiger charge is 2.35. The van der Waals surface area contributed by atoms with Gasteiger partial charge in [-0.3, -0.25) is 19.7 Å². The van der Waals surface area contributed by atoms with Gasteiger partial charge in [0.05, 0.1) is 16.5 Å². The lowest BCUT2D eigenvalue weighted by atomic mass is 10.1. The third kappa shape index (κ3) is 3.52. The van der Waals surface area contributed by atoms with E-state index >= 15 is 0 Å². The Labute approximate surface area is 154 Å². The quantitative estimate of drug-likeness (QED) is 0.655. The van der Waals surface area contributed by atoms with E-state index in [1.807, 2.05) is 0 Å². The molecule has 0 aromatic heterocycles. The number of nitro benzene ring substituents is 1. The first-order valence-electron chi connectivity index (χ1n) is 7.97. The van der Waals surface area contributed by atoms with Crippen LogP contribution in [-0.4, -0.2) is 23.3 Å². The second kappa shape index (κ2) is 7.13. The molecule has 8 heteroatoms. The van der Waals surface area contributed by atoms with Crippen LogP contribution in [0, 0.1) is 23.0 Å². The van der Waals surface area contributed by atoms with Crippen LogP contribution in [0.1, 0.15) is 12.0 Å². The van der Waals surface area contributed by atoms with Crippen molar-refractivity contribution in [3.05, 3.63) is 63.2 Å². The van der Waals surface area contributed by atoms with Gasteiger partial charge in [-0.2, -0.15) is 0 Å². The molecule has 1 fully saturated rings. The number of nitrogens with one attached hydrogen (secondary N) is 1. The molecule has 0 spiro atoms. The lowest BCUT2D eigenvalue weighted by Crippen LogP contribution is -2.28. The lowest BCUT2D eigenvalue weighted by Gasteiger charge is -2.17. The van der Waals surface area contributed by atoms with Gasteiger partial charge in [0, 0.05) is 35.8 Å². The highest BCUT2D eigenvalue weighted by Crippen LogP contribution is 2.29. The maximum absolute atomic E-state index is 12.5. The molecule has 1 heterocycles. The number of amides is 2. The summed E-state index contributed by atoms with van der Waals surface area (Å²) in [4.78, 5) is 36.6. The van der Waals surface area contributed by atoms with Crippen LogP contribution < -0.4 is 10.2 Å². The number of hydrogen-bond acceptors (Lipinski definition) is 4. The number of rotatable bonds is 4. The third-order valence-electron chi connectivity index (χ3n) is 4.37. The summed E-state index contributed by atoms with van der Waals surface area (Å²) in [6.45, 7) is 1.97. The molecule has 134 valence electrons. The van der Waals surface area contributed by atoms with Gasteiger partial charge < -0.3 is 10.2 Å². The minimum atomic E-state index is -0.542. The summed E-state index contributed by atoms with van der Waals surface area (Å²) in [6, 6.07) is 11.0. The van der Waals surface area contributed by atoms with Crippen LogP contribution in [0.15, 0.2) is 42.5 Å². The number of carbonyl (C=O) groups is 2. The van der Waals surface area contributed by atoms with Crippen molar-refractivity contribution in [2.45, 2.75) is 13.3 Å². The molecule has 1 unspecified atom stereocenters. The molecule has 2 amide bonds. The molecule has 3 rings (SSSR count). The van der Waals surface area contributed by atoms with Gasteiger partial charge in [-0.15, -0.1) is 0 Å². The van der Waals surface area contributed by atoms with Crippen LogP contribution in [0.5, 0.6) is 0 Å². The molecule has 1 aliphatic rings. The number of hydrogen-bond donors (Lipinski definition) is 1. The Morgan fingerprint density at radius 2 is 2.04 bits per heavy atom. The zero-order valence-corrected chi connectivity index (χ0v) is 14.7. The molecule has 7 nitrogen and oxygen atoms in total.